The Bertz CT molecular complexity index is 657. The molecular weight excluding hydrogens is 292 g/mol. The molecule has 0 amide bonds. The van der Waals surface area contributed by atoms with Gasteiger partial charge in [-0.15, -0.1) is 0 Å². The molecule has 21 heavy (non-hydrogen) atoms. The summed E-state index contributed by atoms with van der Waals surface area (Å²) in [4.78, 5) is 11.7. The number of nitrogens with two attached hydrogens (primary N) is 1. The van der Waals surface area contributed by atoms with Crippen LogP contribution in [0, 0.1) is 0 Å². The summed E-state index contributed by atoms with van der Waals surface area (Å²) in [5.41, 5.74) is 6.74. The Balaban J connectivity index is 2.24. The largest absolute Gasteiger partial charge is 0.462 e. The second kappa shape index (κ2) is 5.55. The highest BCUT2D eigenvalue weighted by molar-refractivity contribution is 7.91. The van der Waals surface area contributed by atoms with Gasteiger partial charge in [0.2, 0.25) is 0 Å². The molecule has 1 atom stereocenters. The third-order valence-corrected chi connectivity index (χ3v) is 5.41. The average molecular weight is 312 g/mol. The van der Waals surface area contributed by atoms with Gasteiger partial charge in [-0.2, -0.15) is 0 Å². The lowest BCUT2D eigenvalue weighted by Gasteiger charge is -2.26. The van der Waals surface area contributed by atoms with Crippen molar-refractivity contribution in [2.24, 2.45) is 0 Å². The van der Waals surface area contributed by atoms with Crippen molar-refractivity contribution in [3.8, 4) is 0 Å². The number of nitrogens with one attached hydrogen (secondary N) is 1. The lowest BCUT2D eigenvalue weighted by atomic mass is 10.0. The molecule has 6 nitrogen and oxygen atoms in total. The maximum atomic E-state index is 11.7. The number of carbonyl (C=O) groups is 1. The van der Waals surface area contributed by atoms with Gasteiger partial charge in [0, 0.05) is 5.54 Å². The Labute approximate surface area is 124 Å². The lowest BCUT2D eigenvalue weighted by molar-refractivity contribution is 0.0526. The molecule has 1 saturated heterocycles. The first-order valence-corrected chi connectivity index (χ1v) is 8.62. The molecule has 0 aliphatic carbocycles. The van der Waals surface area contributed by atoms with Crippen molar-refractivity contribution < 1.29 is 17.9 Å². The summed E-state index contributed by atoms with van der Waals surface area (Å²) in [5.74, 6) is -0.207. The third-order valence-electron chi connectivity index (χ3n) is 3.50. The minimum absolute atomic E-state index is 0.0586. The fourth-order valence-corrected chi connectivity index (χ4v) is 4.53. The zero-order valence-corrected chi connectivity index (χ0v) is 13.0. The summed E-state index contributed by atoms with van der Waals surface area (Å²) < 4.78 is 28.2. The van der Waals surface area contributed by atoms with Crippen LogP contribution in [0.2, 0.25) is 0 Å². The smallest absolute Gasteiger partial charge is 0.338 e. The number of hydrogen-bond donors (Lipinski definition) is 2. The second-order valence-corrected chi connectivity index (χ2v) is 7.73. The van der Waals surface area contributed by atoms with Crippen molar-refractivity contribution in [1.29, 1.82) is 0 Å². The molecule has 1 aromatic carbocycles. The minimum Gasteiger partial charge on any atom is -0.462 e. The zero-order chi connectivity index (χ0) is 15.7. The summed E-state index contributed by atoms with van der Waals surface area (Å²) in [6.07, 6.45) is 0.512. The van der Waals surface area contributed by atoms with Crippen LogP contribution in [0.15, 0.2) is 18.2 Å². The van der Waals surface area contributed by atoms with Crippen LogP contribution in [-0.4, -0.2) is 38.0 Å². The number of benzene rings is 1. The number of esters is 1. The fraction of sp³-hybridized carbons (Fsp3) is 0.500. The molecule has 2 rings (SSSR count). The number of carbonyl (C=O) groups excluding carboxylic acids is 1. The van der Waals surface area contributed by atoms with E-state index in [4.69, 9.17) is 10.5 Å². The third kappa shape index (κ3) is 3.66. The molecule has 1 aromatic rings. The molecule has 1 aliphatic heterocycles. The van der Waals surface area contributed by atoms with E-state index in [1.54, 1.807) is 25.1 Å². The molecule has 1 unspecified atom stereocenters. The van der Waals surface area contributed by atoms with Crippen molar-refractivity contribution in [3.63, 3.8) is 0 Å². The van der Waals surface area contributed by atoms with E-state index in [2.05, 4.69) is 5.32 Å². The van der Waals surface area contributed by atoms with Crippen molar-refractivity contribution in [2.45, 2.75) is 25.8 Å². The molecule has 0 bridgehead atoms. The number of hydrogen-bond acceptors (Lipinski definition) is 6. The molecule has 0 saturated carbocycles. The molecule has 1 fully saturated rings. The van der Waals surface area contributed by atoms with Crippen molar-refractivity contribution in [3.05, 3.63) is 23.8 Å². The van der Waals surface area contributed by atoms with Gasteiger partial charge in [-0.1, -0.05) is 0 Å². The van der Waals surface area contributed by atoms with Gasteiger partial charge in [0.25, 0.3) is 0 Å². The Morgan fingerprint density at radius 2 is 2.19 bits per heavy atom. The van der Waals surface area contributed by atoms with Gasteiger partial charge in [0.05, 0.1) is 35.1 Å². The molecule has 0 radical (unpaired) electrons. The van der Waals surface area contributed by atoms with Crippen LogP contribution in [0.4, 0.5) is 11.4 Å². The van der Waals surface area contributed by atoms with E-state index in [1.165, 1.54) is 0 Å². The standard InChI is InChI=1S/C14H20N2O4S/c1-3-20-13(17)10-4-5-11(15)12(8-10)16-14(2)6-7-21(18,19)9-14/h4-5,8,16H,3,6-7,9,15H2,1-2H3. The van der Waals surface area contributed by atoms with Crippen LogP contribution in [0.5, 0.6) is 0 Å². The van der Waals surface area contributed by atoms with Gasteiger partial charge in [0.1, 0.15) is 0 Å². The summed E-state index contributed by atoms with van der Waals surface area (Å²) in [5, 5.41) is 3.17. The summed E-state index contributed by atoms with van der Waals surface area (Å²) in [6.45, 7) is 3.87. The van der Waals surface area contributed by atoms with Gasteiger partial charge < -0.3 is 15.8 Å². The van der Waals surface area contributed by atoms with Crippen LogP contribution < -0.4 is 11.1 Å². The normalized spacial score (nSPS) is 23.7. The lowest BCUT2D eigenvalue weighted by Crippen LogP contribution is -2.36. The van der Waals surface area contributed by atoms with Gasteiger partial charge >= 0.3 is 5.97 Å². The van der Waals surface area contributed by atoms with Gasteiger partial charge in [0.15, 0.2) is 9.84 Å². The monoisotopic (exact) mass is 312 g/mol. The Hall–Kier alpha value is -1.76. The van der Waals surface area contributed by atoms with E-state index in [1.807, 2.05) is 6.92 Å². The summed E-state index contributed by atoms with van der Waals surface area (Å²) >= 11 is 0. The van der Waals surface area contributed by atoms with Gasteiger partial charge in [-0.05, 0) is 38.5 Å². The van der Waals surface area contributed by atoms with Crippen molar-refractivity contribution in [2.75, 3.05) is 29.2 Å². The Morgan fingerprint density at radius 1 is 1.48 bits per heavy atom. The molecule has 1 heterocycles. The average Bonchev–Trinajstić information content (AvgIpc) is 2.66. The highest BCUT2D eigenvalue weighted by atomic mass is 32.2. The quantitative estimate of drug-likeness (QED) is 0.645. The van der Waals surface area contributed by atoms with Gasteiger partial charge in [-0.3, -0.25) is 0 Å². The SMILES string of the molecule is CCOC(=O)c1ccc(N)c(NC2(C)CCS(=O)(=O)C2)c1. The predicted molar refractivity (Wildman–Crippen MR) is 82.1 cm³/mol. The molecule has 116 valence electrons. The minimum atomic E-state index is -3.02. The Morgan fingerprint density at radius 3 is 2.76 bits per heavy atom. The molecule has 1 aliphatic rings. The van der Waals surface area contributed by atoms with E-state index in [-0.39, 0.29) is 11.5 Å². The number of nitrogen functional groups attached to an aromatic ring is 1. The first kappa shape index (κ1) is 15.6. The Kier molecular flexibility index (Phi) is 4.13. The molecule has 0 aromatic heterocycles. The molecular formula is C14H20N2O4S. The number of rotatable bonds is 4. The van der Waals surface area contributed by atoms with E-state index in [0.717, 1.165) is 0 Å². The first-order chi connectivity index (χ1) is 9.75. The van der Waals surface area contributed by atoms with Crippen LogP contribution >= 0.6 is 0 Å². The van der Waals surface area contributed by atoms with Gasteiger partial charge in [-0.25, -0.2) is 13.2 Å². The van der Waals surface area contributed by atoms with Crippen LogP contribution in [0.3, 0.4) is 0 Å². The summed E-state index contributed by atoms with van der Waals surface area (Å²) in [6, 6.07) is 4.80. The number of sulfone groups is 1. The van der Waals surface area contributed by atoms with E-state index in [9.17, 15) is 13.2 Å². The fourth-order valence-electron chi connectivity index (χ4n) is 2.44. The number of ether oxygens (including phenoxy) is 1. The maximum Gasteiger partial charge on any atom is 0.338 e. The zero-order valence-electron chi connectivity index (χ0n) is 12.2. The second-order valence-electron chi connectivity index (χ2n) is 5.55. The van der Waals surface area contributed by atoms with Crippen LogP contribution in [0.1, 0.15) is 30.6 Å². The van der Waals surface area contributed by atoms with Crippen LogP contribution in [-0.2, 0) is 14.6 Å². The maximum absolute atomic E-state index is 11.7. The number of anilines is 2. The molecule has 7 heteroatoms. The summed E-state index contributed by atoms with van der Waals surface area (Å²) in [7, 11) is -3.02. The van der Waals surface area contributed by atoms with Crippen molar-refractivity contribution in [1.82, 2.24) is 0 Å². The van der Waals surface area contributed by atoms with Crippen molar-refractivity contribution >= 4 is 27.2 Å². The first-order valence-electron chi connectivity index (χ1n) is 6.80. The highest BCUT2D eigenvalue weighted by Crippen LogP contribution is 2.30. The van der Waals surface area contributed by atoms with E-state index in [0.29, 0.717) is 30.0 Å². The predicted octanol–water partition coefficient (Wildman–Crippen LogP) is 1.43. The van der Waals surface area contributed by atoms with E-state index < -0.39 is 21.3 Å². The molecule has 3 N–H and O–H groups in total. The topological polar surface area (TPSA) is 98.5 Å². The van der Waals surface area contributed by atoms with Crippen LogP contribution in [0.25, 0.3) is 0 Å². The highest BCUT2D eigenvalue weighted by Gasteiger charge is 2.38. The van der Waals surface area contributed by atoms with E-state index >= 15 is 0 Å². The molecule has 0 spiro atoms.